The van der Waals surface area contributed by atoms with Crippen molar-refractivity contribution >= 4 is 17.5 Å². The molecule has 1 amide bonds. The van der Waals surface area contributed by atoms with Crippen molar-refractivity contribution in [1.29, 1.82) is 0 Å². The molecule has 0 radical (unpaired) electrons. The molecule has 1 heterocycles. The van der Waals surface area contributed by atoms with Crippen LogP contribution < -0.4 is 11.1 Å². The van der Waals surface area contributed by atoms with Crippen LogP contribution in [0.4, 0.5) is 0 Å². The molecule has 5 heteroatoms. The first-order chi connectivity index (χ1) is 10.1. The SMILES string of the molecule is CC(CN)C(=O)NCC1(c2cccc(Cl)c2)CCOCC1. The van der Waals surface area contributed by atoms with Gasteiger partial charge in [-0.05, 0) is 30.5 Å². The topological polar surface area (TPSA) is 64.4 Å². The highest BCUT2D eigenvalue weighted by atomic mass is 35.5. The minimum Gasteiger partial charge on any atom is -0.381 e. The average Bonchev–Trinajstić information content (AvgIpc) is 2.52. The molecule has 3 N–H and O–H groups in total. The lowest BCUT2D eigenvalue weighted by Gasteiger charge is -2.38. The Labute approximate surface area is 131 Å². The molecule has 0 bridgehead atoms. The van der Waals surface area contributed by atoms with Gasteiger partial charge in [0.25, 0.3) is 0 Å². The van der Waals surface area contributed by atoms with Crippen molar-refractivity contribution in [3.63, 3.8) is 0 Å². The zero-order chi connectivity index (χ0) is 15.3. The van der Waals surface area contributed by atoms with E-state index >= 15 is 0 Å². The Morgan fingerprint density at radius 1 is 1.48 bits per heavy atom. The van der Waals surface area contributed by atoms with E-state index in [0.29, 0.717) is 26.3 Å². The number of halogens is 1. The summed E-state index contributed by atoms with van der Waals surface area (Å²) >= 11 is 6.13. The Kier molecular flexibility index (Phi) is 5.62. The van der Waals surface area contributed by atoms with Gasteiger partial charge in [0.05, 0.1) is 0 Å². The standard InChI is InChI=1S/C16H23ClN2O2/c1-12(10-18)15(20)19-11-16(5-7-21-8-6-16)13-3-2-4-14(17)9-13/h2-4,9,12H,5-8,10-11,18H2,1H3,(H,19,20). The summed E-state index contributed by atoms with van der Waals surface area (Å²) in [5.74, 6) is -0.161. The van der Waals surface area contributed by atoms with Crippen LogP contribution in [0.1, 0.15) is 25.3 Å². The molecule has 4 nitrogen and oxygen atoms in total. The van der Waals surface area contributed by atoms with Crippen molar-refractivity contribution in [1.82, 2.24) is 5.32 Å². The summed E-state index contributed by atoms with van der Waals surface area (Å²) < 4.78 is 5.49. The van der Waals surface area contributed by atoms with Crippen molar-refractivity contribution in [3.05, 3.63) is 34.9 Å². The minimum absolute atomic E-state index is 0.00500. The number of benzene rings is 1. The third-order valence-electron chi connectivity index (χ3n) is 4.29. The maximum absolute atomic E-state index is 12.0. The van der Waals surface area contributed by atoms with Crippen molar-refractivity contribution in [3.8, 4) is 0 Å². The van der Waals surface area contributed by atoms with Gasteiger partial charge in [0.1, 0.15) is 0 Å². The first kappa shape index (κ1) is 16.3. The maximum atomic E-state index is 12.0. The van der Waals surface area contributed by atoms with Crippen molar-refractivity contribution in [2.24, 2.45) is 11.7 Å². The molecular weight excluding hydrogens is 288 g/mol. The summed E-state index contributed by atoms with van der Waals surface area (Å²) in [5.41, 5.74) is 6.61. The Balaban J connectivity index is 2.16. The number of rotatable bonds is 5. The predicted molar refractivity (Wildman–Crippen MR) is 84.4 cm³/mol. The average molecular weight is 311 g/mol. The van der Waals surface area contributed by atoms with Gasteiger partial charge < -0.3 is 15.8 Å². The zero-order valence-corrected chi connectivity index (χ0v) is 13.2. The summed E-state index contributed by atoms with van der Waals surface area (Å²) in [6.45, 7) is 4.20. The third kappa shape index (κ3) is 3.96. The Hall–Kier alpha value is -1.10. The highest BCUT2D eigenvalue weighted by Crippen LogP contribution is 2.35. The van der Waals surface area contributed by atoms with E-state index in [1.54, 1.807) is 0 Å². The molecule has 0 aromatic heterocycles. The van der Waals surface area contributed by atoms with Crippen LogP contribution in [0, 0.1) is 5.92 Å². The predicted octanol–water partition coefficient (Wildman–Crippen LogP) is 2.10. The second-order valence-corrected chi connectivity index (χ2v) is 6.19. The fourth-order valence-electron chi connectivity index (χ4n) is 2.69. The minimum atomic E-state index is -0.166. The van der Waals surface area contributed by atoms with Crippen molar-refractivity contribution in [2.75, 3.05) is 26.3 Å². The van der Waals surface area contributed by atoms with Gasteiger partial charge >= 0.3 is 0 Å². The molecule has 1 aliphatic rings. The largest absolute Gasteiger partial charge is 0.381 e. The van der Waals surface area contributed by atoms with E-state index in [4.69, 9.17) is 22.1 Å². The number of carbonyl (C=O) groups is 1. The normalized spacial score (nSPS) is 19.0. The molecule has 0 spiro atoms. The number of hydrogen-bond donors (Lipinski definition) is 2. The Morgan fingerprint density at radius 3 is 2.81 bits per heavy atom. The van der Waals surface area contributed by atoms with Gasteiger partial charge in [0.2, 0.25) is 5.91 Å². The van der Waals surface area contributed by atoms with Gasteiger partial charge in [-0.15, -0.1) is 0 Å². The summed E-state index contributed by atoms with van der Waals surface area (Å²) in [6, 6.07) is 7.90. The van der Waals surface area contributed by atoms with Crippen molar-refractivity contribution < 1.29 is 9.53 Å². The number of hydrogen-bond acceptors (Lipinski definition) is 3. The molecule has 1 saturated heterocycles. The second kappa shape index (κ2) is 7.25. The molecule has 1 aromatic rings. The molecule has 1 aromatic carbocycles. The Morgan fingerprint density at radius 2 is 2.19 bits per heavy atom. The number of amides is 1. The van der Waals surface area contributed by atoms with Gasteiger partial charge in [-0.25, -0.2) is 0 Å². The second-order valence-electron chi connectivity index (χ2n) is 5.76. The molecule has 1 fully saturated rings. The molecule has 1 aliphatic heterocycles. The first-order valence-electron chi connectivity index (χ1n) is 7.39. The fourth-order valence-corrected chi connectivity index (χ4v) is 2.88. The summed E-state index contributed by atoms with van der Waals surface area (Å²) in [4.78, 5) is 12.0. The molecule has 2 rings (SSSR count). The van der Waals surface area contributed by atoms with Crippen LogP contribution in [0.3, 0.4) is 0 Å². The van der Waals surface area contributed by atoms with E-state index in [0.717, 1.165) is 17.9 Å². The summed E-state index contributed by atoms with van der Waals surface area (Å²) in [6.07, 6.45) is 1.76. The summed E-state index contributed by atoms with van der Waals surface area (Å²) in [5, 5.41) is 3.77. The Bertz CT molecular complexity index is 487. The van der Waals surface area contributed by atoms with E-state index < -0.39 is 0 Å². The van der Waals surface area contributed by atoms with Gasteiger partial charge in [0.15, 0.2) is 0 Å². The molecule has 116 valence electrons. The lowest BCUT2D eigenvalue weighted by molar-refractivity contribution is -0.124. The number of nitrogens with two attached hydrogens (primary N) is 1. The molecule has 0 aliphatic carbocycles. The molecule has 1 atom stereocenters. The third-order valence-corrected chi connectivity index (χ3v) is 4.52. The van der Waals surface area contributed by atoms with Gasteiger partial charge in [0, 0.05) is 42.7 Å². The fraction of sp³-hybridized carbons (Fsp3) is 0.562. The maximum Gasteiger partial charge on any atom is 0.224 e. The number of carbonyl (C=O) groups excluding carboxylic acids is 1. The molecular formula is C16H23ClN2O2. The van der Waals surface area contributed by atoms with E-state index in [9.17, 15) is 4.79 Å². The monoisotopic (exact) mass is 310 g/mol. The van der Waals surface area contributed by atoms with E-state index in [2.05, 4.69) is 11.4 Å². The molecule has 1 unspecified atom stereocenters. The van der Waals surface area contributed by atoms with Gasteiger partial charge in [-0.1, -0.05) is 30.7 Å². The molecule has 21 heavy (non-hydrogen) atoms. The van der Waals surface area contributed by atoms with E-state index in [-0.39, 0.29) is 17.2 Å². The lowest BCUT2D eigenvalue weighted by atomic mass is 9.74. The number of nitrogens with one attached hydrogen (secondary N) is 1. The van der Waals surface area contributed by atoms with Crippen LogP contribution in [0.5, 0.6) is 0 Å². The van der Waals surface area contributed by atoms with E-state index in [1.807, 2.05) is 25.1 Å². The molecule has 0 saturated carbocycles. The van der Waals surface area contributed by atoms with Crippen LogP contribution in [-0.4, -0.2) is 32.2 Å². The highest BCUT2D eigenvalue weighted by molar-refractivity contribution is 6.30. The van der Waals surface area contributed by atoms with Gasteiger partial charge in [-0.3, -0.25) is 4.79 Å². The van der Waals surface area contributed by atoms with Crippen LogP contribution >= 0.6 is 11.6 Å². The van der Waals surface area contributed by atoms with Crippen molar-refractivity contribution in [2.45, 2.75) is 25.2 Å². The van der Waals surface area contributed by atoms with Crippen LogP contribution in [-0.2, 0) is 14.9 Å². The first-order valence-corrected chi connectivity index (χ1v) is 7.77. The number of ether oxygens (including phenoxy) is 1. The van der Waals surface area contributed by atoms with Crippen LogP contribution in [0.2, 0.25) is 5.02 Å². The summed E-state index contributed by atoms with van der Waals surface area (Å²) in [7, 11) is 0. The lowest BCUT2D eigenvalue weighted by Crippen LogP contribution is -2.46. The highest BCUT2D eigenvalue weighted by Gasteiger charge is 2.35. The van der Waals surface area contributed by atoms with Crippen LogP contribution in [0.15, 0.2) is 24.3 Å². The quantitative estimate of drug-likeness (QED) is 0.875. The smallest absolute Gasteiger partial charge is 0.224 e. The van der Waals surface area contributed by atoms with Gasteiger partial charge in [-0.2, -0.15) is 0 Å². The zero-order valence-electron chi connectivity index (χ0n) is 12.4. The van der Waals surface area contributed by atoms with E-state index in [1.165, 1.54) is 5.56 Å². The van der Waals surface area contributed by atoms with Crippen LogP contribution in [0.25, 0.3) is 0 Å².